The van der Waals surface area contributed by atoms with Crippen molar-refractivity contribution < 1.29 is 0 Å². The molecule has 0 saturated carbocycles. The van der Waals surface area contributed by atoms with Gasteiger partial charge in [-0.1, -0.05) is 41.9 Å². The van der Waals surface area contributed by atoms with Crippen molar-refractivity contribution in [3.63, 3.8) is 0 Å². The molecule has 3 aromatic rings. The van der Waals surface area contributed by atoms with E-state index in [-0.39, 0.29) is 12.4 Å². The first kappa shape index (κ1) is 18.8. The van der Waals surface area contributed by atoms with E-state index in [0.29, 0.717) is 0 Å². The first-order valence-corrected chi connectivity index (χ1v) is 9.01. The molecule has 1 aromatic heterocycles. The highest BCUT2D eigenvalue weighted by atomic mass is 35.5. The summed E-state index contributed by atoms with van der Waals surface area (Å²) in [6, 6.07) is 18.4. The average molecular weight is 389 g/mol. The molecule has 0 aliphatic carbocycles. The normalized spacial score (nSPS) is 14.1. The first-order chi connectivity index (χ1) is 12.3. The number of para-hydroxylation sites is 1. The fourth-order valence-corrected chi connectivity index (χ4v) is 3.42. The van der Waals surface area contributed by atoms with Crippen molar-refractivity contribution >= 4 is 46.4 Å². The zero-order valence-electron chi connectivity index (χ0n) is 14.4. The lowest BCUT2D eigenvalue weighted by Crippen LogP contribution is -2.43. The Labute approximate surface area is 165 Å². The van der Waals surface area contributed by atoms with Gasteiger partial charge in [0.25, 0.3) is 0 Å². The highest BCUT2D eigenvalue weighted by Gasteiger charge is 2.14. The third kappa shape index (κ3) is 4.21. The molecule has 1 saturated heterocycles. The van der Waals surface area contributed by atoms with Crippen LogP contribution >= 0.6 is 24.0 Å². The molecule has 1 fully saturated rings. The molecule has 26 heavy (non-hydrogen) atoms. The van der Waals surface area contributed by atoms with Crippen molar-refractivity contribution in [3.05, 3.63) is 65.2 Å². The Kier molecular flexibility index (Phi) is 6.20. The maximum Gasteiger partial charge on any atom is 0.131 e. The van der Waals surface area contributed by atoms with E-state index in [0.717, 1.165) is 65.7 Å². The summed E-state index contributed by atoms with van der Waals surface area (Å²) in [5.74, 6) is 1.04. The number of pyridine rings is 1. The van der Waals surface area contributed by atoms with Crippen molar-refractivity contribution in [2.45, 2.75) is 6.54 Å². The Hall–Kier alpha value is -2.01. The number of benzene rings is 2. The molecule has 6 heteroatoms. The van der Waals surface area contributed by atoms with Crippen LogP contribution in [0.1, 0.15) is 5.56 Å². The molecule has 0 bridgehead atoms. The van der Waals surface area contributed by atoms with Gasteiger partial charge in [0, 0.05) is 54.9 Å². The van der Waals surface area contributed by atoms with Crippen LogP contribution in [-0.2, 0) is 6.54 Å². The molecule has 1 aliphatic rings. The minimum absolute atomic E-state index is 0. The number of aromatic nitrogens is 1. The van der Waals surface area contributed by atoms with E-state index in [9.17, 15) is 0 Å². The van der Waals surface area contributed by atoms with Gasteiger partial charge in [0.2, 0.25) is 0 Å². The molecule has 1 aliphatic heterocycles. The SMILES string of the molecule is Cl.Clc1cccc(CNc2cc(N3CCNCC3)nc3ccccc23)c1. The van der Waals surface area contributed by atoms with Gasteiger partial charge in [-0.2, -0.15) is 0 Å². The second kappa shape index (κ2) is 8.58. The molecule has 0 amide bonds. The Bertz CT molecular complexity index is 879. The Morgan fingerprint density at radius 1 is 1.04 bits per heavy atom. The van der Waals surface area contributed by atoms with Crippen LogP contribution in [0.3, 0.4) is 0 Å². The summed E-state index contributed by atoms with van der Waals surface area (Å²) < 4.78 is 0. The van der Waals surface area contributed by atoms with E-state index >= 15 is 0 Å². The van der Waals surface area contributed by atoms with E-state index in [1.54, 1.807) is 0 Å². The molecule has 0 spiro atoms. The number of piperazine rings is 1. The van der Waals surface area contributed by atoms with Crippen LogP contribution in [0.15, 0.2) is 54.6 Å². The summed E-state index contributed by atoms with van der Waals surface area (Å²) >= 11 is 6.10. The number of nitrogens with zero attached hydrogens (tertiary/aromatic N) is 2. The number of rotatable bonds is 4. The monoisotopic (exact) mass is 388 g/mol. The van der Waals surface area contributed by atoms with Gasteiger partial charge in [0.15, 0.2) is 0 Å². The van der Waals surface area contributed by atoms with E-state index in [4.69, 9.17) is 16.6 Å². The molecule has 4 rings (SSSR count). The molecule has 2 heterocycles. The highest BCUT2D eigenvalue weighted by molar-refractivity contribution is 6.30. The number of anilines is 2. The molecule has 0 radical (unpaired) electrons. The van der Waals surface area contributed by atoms with Gasteiger partial charge in [-0.25, -0.2) is 4.98 Å². The van der Waals surface area contributed by atoms with Crippen molar-refractivity contribution in [3.8, 4) is 0 Å². The molecule has 2 N–H and O–H groups in total. The van der Waals surface area contributed by atoms with Crippen molar-refractivity contribution in [2.24, 2.45) is 0 Å². The summed E-state index contributed by atoms with van der Waals surface area (Å²) in [6.07, 6.45) is 0. The van der Waals surface area contributed by atoms with E-state index in [2.05, 4.69) is 45.9 Å². The molecule has 136 valence electrons. The van der Waals surface area contributed by atoms with Crippen LogP contribution in [0.5, 0.6) is 0 Å². The standard InChI is InChI=1S/C20H21ClN4.ClH/c21-16-5-3-4-15(12-16)14-23-19-13-20(25-10-8-22-9-11-25)24-18-7-2-1-6-17(18)19;/h1-7,12-13,22H,8-11,14H2,(H,23,24);1H. The lowest BCUT2D eigenvalue weighted by molar-refractivity contribution is 0.585. The van der Waals surface area contributed by atoms with Crippen LogP contribution in [0.2, 0.25) is 5.02 Å². The second-order valence-corrected chi connectivity index (χ2v) is 6.70. The van der Waals surface area contributed by atoms with Crippen molar-refractivity contribution in [1.29, 1.82) is 0 Å². The largest absolute Gasteiger partial charge is 0.380 e. The van der Waals surface area contributed by atoms with Gasteiger partial charge in [0.05, 0.1) is 5.52 Å². The average Bonchev–Trinajstić information content (AvgIpc) is 2.66. The van der Waals surface area contributed by atoms with E-state index in [1.807, 2.05) is 24.3 Å². The van der Waals surface area contributed by atoms with Gasteiger partial charge < -0.3 is 15.5 Å². The number of hydrogen-bond donors (Lipinski definition) is 2. The topological polar surface area (TPSA) is 40.2 Å². The summed E-state index contributed by atoms with van der Waals surface area (Å²) in [7, 11) is 0. The zero-order chi connectivity index (χ0) is 17.1. The summed E-state index contributed by atoms with van der Waals surface area (Å²) in [6.45, 7) is 4.70. The molecule has 2 aromatic carbocycles. The van der Waals surface area contributed by atoms with Gasteiger partial charge >= 0.3 is 0 Å². The van der Waals surface area contributed by atoms with Crippen LogP contribution in [0, 0.1) is 0 Å². The van der Waals surface area contributed by atoms with E-state index < -0.39 is 0 Å². The number of nitrogens with one attached hydrogen (secondary N) is 2. The van der Waals surface area contributed by atoms with E-state index in [1.165, 1.54) is 0 Å². The predicted molar refractivity (Wildman–Crippen MR) is 113 cm³/mol. The molecular weight excluding hydrogens is 367 g/mol. The highest BCUT2D eigenvalue weighted by Crippen LogP contribution is 2.28. The van der Waals surface area contributed by atoms with Crippen molar-refractivity contribution in [2.75, 3.05) is 36.4 Å². The Morgan fingerprint density at radius 2 is 1.85 bits per heavy atom. The van der Waals surface area contributed by atoms with Gasteiger partial charge in [-0.05, 0) is 23.8 Å². The maximum atomic E-state index is 6.10. The zero-order valence-corrected chi connectivity index (χ0v) is 16.0. The smallest absolute Gasteiger partial charge is 0.131 e. The number of halogens is 2. The number of hydrogen-bond acceptors (Lipinski definition) is 4. The molecular formula is C20H22Cl2N4. The first-order valence-electron chi connectivity index (χ1n) is 8.63. The summed E-state index contributed by atoms with van der Waals surface area (Å²) in [5.41, 5.74) is 3.29. The lowest BCUT2D eigenvalue weighted by atomic mass is 10.1. The van der Waals surface area contributed by atoms with Crippen LogP contribution in [0.4, 0.5) is 11.5 Å². The summed E-state index contributed by atoms with van der Waals surface area (Å²) in [5, 5.41) is 8.87. The third-order valence-electron chi connectivity index (χ3n) is 4.52. The van der Waals surface area contributed by atoms with Crippen LogP contribution in [-0.4, -0.2) is 31.2 Å². The number of fused-ring (bicyclic) bond motifs is 1. The lowest BCUT2D eigenvalue weighted by Gasteiger charge is -2.29. The van der Waals surface area contributed by atoms with Gasteiger partial charge in [-0.15, -0.1) is 12.4 Å². The second-order valence-electron chi connectivity index (χ2n) is 6.27. The maximum absolute atomic E-state index is 6.10. The van der Waals surface area contributed by atoms with Gasteiger partial charge in [0.1, 0.15) is 5.82 Å². The molecule has 0 atom stereocenters. The van der Waals surface area contributed by atoms with Crippen LogP contribution in [0.25, 0.3) is 10.9 Å². The Morgan fingerprint density at radius 3 is 2.65 bits per heavy atom. The van der Waals surface area contributed by atoms with Crippen molar-refractivity contribution in [1.82, 2.24) is 10.3 Å². The predicted octanol–water partition coefficient (Wildman–Crippen LogP) is 4.33. The Balaban J connectivity index is 0.00000196. The fraction of sp³-hybridized carbons (Fsp3) is 0.250. The molecule has 0 unspecified atom stereocenters. The quantitative estimate of drug-likeness (QED) is 0.697. The third-order valence-corrected chi connectivity index (χ3v) is 4.75. The van der Waals surface area contributed by atoms with Gasteiger partial charge in [-0.3, -0.25) is 0 Å². The fourth-order valence-electron chi connectivity index (χ4n) is 3.21. The van der Waals surface area contributed by atoms with Crippen LogP contribution < -0.4 is 15.5 Å². The molecule has 4 nitrogen and oxygen atoms in total. The minimum atomic E-state index is 0. The summed E-state index contributed by atoms with van der Waals surface area (Å²) in [4.78, 5) is 7.21. The minimum Gasteiger partial charge on any atom is -0.380 e.